The largest absolute Gasteiger partial charge is 0.480 e. The van der Waals surface area contributed by atoms with E-state index in [4.69, 9.17) is 21.0 Å². The second-order valence-corrected chi connectivity index (χ2v) is 4.52. The van der Waals surface area contributed by atoms with Gasteiger partial charge >= 0.3 is 11.9 Å². The number of carbonyl (C=O) groups is 3. The van der Waals surface area contributed by atoms with Crippen LogP contribution in [0.4, 0.5) is 0 Å². The highest BCUT2D eigenvalue weighted by Crippen LogP contribution is 2.29. The summed E-state index contributed by atoms with van der Waals surface area (Å²) in [6.45, 7) is 3.93. The van der Waals surface area contributed by atoms with Gasteiger partial charge in [0.1, 0.15) is 12.6 Å². The summed E-state index contributed by atoms with van der Waals surface area (Å²) in [7, 11) is 0. The van der Waals surface area contributed by atoms with E-state index in [0.29, 0.717) is 4.90 Å². The summed E-state index contributed by atoms with van der Waals surface area (Å²) in [5, 5.41) is 18.5. The molecular formula is C15H18N2O7. The molecule has 1 rings (SSSR count). The lowest BCUT2D eigenvalue weighted by atomic mass is 10.0. The highest BCUT2D eigenvalue weighted by Gasteiger charge is 2.37. The van der Waals surface area contributed by atoms with Gasteiger partial charge in [0.15, 0.2) is 0 Å². The van der Waals surface area contributed by atoms with Gasteiger partial charge < -0.3 is 9.84 Å². The van der Waals surface area contributed by atoms with Gasteiger partial charge in [0.05, 0.1) is 37.5 Å². The normalized spacial score (nSPS) is 18.2. The zero-order valence-electron chi connectivity index (χ0n) is 14.5. The minimum Gasteiger partial charge on any atom is -0.480 e. The zero-order valence-corrected chi connectivity index (χ0v) is 13.5. The number of nitriles is 1. The van der Waals surface area contributed by atoms with Crippen molar-refractivity contribution >= 4 is 17.8 Å². The van der Waals surface area contributed by atoms with Gasteiger partial charge in [-0.05, 0) is 20.8 Å². The van der Waals surface area contributed by atoms with Gasteiger partial charge in [0, 0.05) is 6.05 Å². The fourth-order valence-electron chi connectivity index (χ4n) is 1.94. The Labute approximate surface area is 140 Å². The number of rotatable bonds is 8. The Morgan fingerprint density at radius 2 is 2.12 bits per heavy atom. The van der Waals surface area contributed by atoms with E-state index < -0.39 is 42.1 Å². The molecule has 1 heterocycles. The molecular weight excluding hydrogens is 320 g/mol. The van der Waals surface area contributed by atoms with Gasteiger partial charge in [-0.3, -0.25) is 14.5 Å². The second-order valence-electron chi connectivity index (χ2n) is 4.52. The molecule has 1 aliphatic heterocycles. The number of carbonyl (C=O) groups excluding carboxylic acids is 2. The molecule has 9 nitrogen and oxygen atoms in total. The molecule has 0 fully saturated rings. The molecule has 0 saturated heterocycles. The number of carboxylic acids is 1. The third-order valence-electron chi connectivity index (χ3n) is 2.87. The molecule has 0 aromatic rings. The molecule has 1 amide bonds. The van der Waals surface area contributed by atoms with E-state index in [1.165, 1.54) is 13.8 Å². The molecule has 0 saturated carbocycles. The minimum absolute atomic E-state index is 0.0249. The Bertz CT molecular complexity index is 678. The van der Waals surface area contributed by atoms with Crippen molar-refractivity contribution in [1.82, 2.24) is 4.90 Å². The third-order valence-corrected chi connectivity index (χ3v) is 2.87. The summed E-state index contributed by atoms with van der Waals surface area (Å²) in [6, 6.07) is 1.04. The summed E-state index contributed by atoms with van der Waals surface area (Å²) in [5.74, 6) is -3.39. The second kappa shape index (κ2) is 8.81. The lowest BCUT2D eigenvalue weighted by Crippen LogP contribution is -2.33. The number of amides is 1. The van der Waals surface area contributed by atoms with Crippen LogP contribution in [0.2, 0.25) is 0 Å². The van der Waals surface area contributed by atoms with Crippen LogP contribution < -0.4 is 0 Å². The molecule has 0 aromatic heterocycles. The standard InChI is InChI=1S/C15H18N2O7/c1-4-22-15(21)10-6-12(18)17(8-13(19)20)14(10)11(7-16)9(3)24-23-5-2/h6,9H,4-5,8H2,1-3H3,(H,19,20)/b14-11+/i6D. The molecule has 0 aliphatic carbocycles. The van der Waals surface area contributed by atoms with Crippen LogP contribution in [0.1, 0.15) is 22.1 Å². The fraction of sp³-hybridized carbons (Fsp3) is 0.467. The van der Waals surface area contributed by atoms with Crippen molar-refractivity contribution in [2.75, 3.05) is 19.8 Å². The van der Waals surface area contributed by atoms with Crippen LogP contribution in [0.25, 0.3) is 0 Å². The Morgan fingerprint density at radius 1 is 1.46 bits per heavy atom. The maximum Gasteiger partial charge on any atom is 0.340 e. The van der Waals surface area contributed by atoms with Gasteiger partial charge in [0.2, 0.25) is 0 Å². The van der Waals surface area contributed by atoms with Crippen LogP contribution in [0, 0.1) is 11.3 Å². The van der Waals surface area contributed by atoms with Crippen LogP contribution in [0.3, 0.4) is 0 Å². The van der Waals surface area contributed by atoms with Crippen LogP contribution in [0.15, 0.2) is 22.9 Å². The molecule has 9 heteroatoms. The smallest absolute Gasteiger partial charge is 0.340 e. The number of ether oxygens (including phenoxy) is 1. The van der Waals surface area contributed by atoms with E-state index in [-0.39, 0.29) is 24.5 Å². The lowest BCUT2D eigenvalue weighted by Gasteiger charge is -2.21. The van der Waals surface area contributed by atoms with Crippen molar-refractivity contribution in [3.8, 4) is 6.07 Å². The number of esters is 1. The Morgan fingerprint density at radius 3 is 2.62 bits per heavy atom. The Kier molecular flexibility index (Phi) is 6.48. The van der Waals surface area contributed by atoms with E-state index in [1.807, 2.05) is 0 Å². The van der Waals surface area contributed by atoms with E-state index in [1.54, 1.807) is 13.0 Å². The SMILES string of the molecule is [2H]C1=C(C(=O)OCC)/C(=C(/C#N)C(C)OOCC)N(CC(=O)O)C1=O. The first-order valence-corrected chi connectivity index (χ1v) is 7.14. The van der Waals surface area contributed by atoms with Crippen molar-refractivity contribution in [3.63, 3.8) is 0 Å². The zero-order chi connectivity index (χ0) is 19.1. The van der Waals surface area contributed by atoms with E-state index in [0.717, 1.165) is 0 Å². The molecule has 130 valence electrons. The Balaban J connectivity index is 3.53. The summed E-state index contributed by atoms with van der Waals surface area (Å²) in [4.78, 5) is 45.8. The minimum atomic E-state index is -1.38. The first-order chi connectivity index (χ1) is 11.8. The molecule has 0 spiro atoms. The van der Waals surface area contributed by atoms with Crippen LogP contribution in [-0.4, -0.2) is 53.7 Å². The molecule has 24 heavy (non-hydrogen) atoms. The monoisotopic (exact) mass is 339 g/mol. The maximum absolute atomic E-state index is 12.2. The van der Waals surface area contributed by atoms with Gasteiger partial charge in [-0.1, -0.05) is 0 Å². The van der Waals surface area contributed by atoms with Crippen LogP contribution >= 0.6 is 0 Å². The predicted octanol–water partition coefficient (Wildman–Crippen LogP) is 0.537. The van der Waals surface area contributed by atoms with Crippen LogP contribution in [0.5, 0.6) is 0 Å². The highest BCUT2D eigenvalue weighted by molar-refractivity contribution is 6.08. The molecule has 1 N–H and O–H groups in total. The third kappa shape index (κ3) is 4.41. The molecule has 1 unspecified atom stereocenters. The van der Waals surface area contributed by atoms with Gasteiger partial charge in [0.25, 0.3) is 5.91 Å². The molecule has 0 aromatic carbocycles. The summed E-state index contributed by atoms with van der Waals surface area (Å²) in [6.07, 6.45) is -1.01. The highest BCUT2D eigenvalue weighted by atomic mass is 17.2. The van der Waals surface area contributed by atoms with Crippen molar-refractivity contribution in [3.05, 3.63) is 22.9 Å². The van der Waals surface area contributed by atoms with Crippen molar-refractivity contribution in [2.24, 2.45) is 0 Å². The van der Waals surface area contributed by atoms with E-state index >= 15 is 0 Å². The van der Waals surface area contributed by atoms with Gasteiger partial charge in [-0.2, -0.15) is 5.26 Å². The van der Waals surface area contributed by atoms with Crippen molar-refractivity contribution in [1.29, 1.82) is 5.26 Å². The topological polar surface area (TPSA) is 126 Å². The van der Waals surface area contributed by atoms with Crippen LogP contribution in [-0.2, 0) is 28.9 Å². The summed E-state index contributed by atoms with van der Waals surface area (Å²) >= 11 is 0. The molecule has 1 atom stereocenters. The van der Waals surface area contributed by atoms with E-state index in [9.17, 15) is 19.6 Å². The number of hydrogen-bond donors (Lipinski definition) is 1. The molecule has 1 aliphatic rings. The number of aliphatic carboxylic acids is 1. The average Bonchev–Trinajstić information content (AvgIpc) is 2.78. The molecule has 0 radical (unpaired) electrons. The lowest BCUT2D eigenvalue weighted by molar-refractivity contribution is -0.309. The summed E-state index contributed by atoms with van der Waals surface area (Å²) in [5.41, 5.74) is -1.02. The maximum atomic E-state index is 12.2. The number of hydrogen-bond acceptors (Lipinski definition) is 7. The first kappa shape index (κ1) is 17.7. The Hall–Kier alpha value is -2.70. The number of nitrogens with zero attached hydrogens (tertiary/aromatic N) is 2. The summed E-state index contributed by atoms with van der Waals surface area (Å²) < 4.78 is 12.7. The number of carboxylic acid groups (broad SMARTS) is 1. The van der Waals surface area contributed by atoms with Gasteiger partial charge in [-0.25, -0.2) is 14.6 Å². The quantitative estimate of drug-likeness (QED) is 0.294. The fourth-order valence-corrected chi connectivity index (χ4v) is 1.94. The average molecular weight is 339 g/mol. The van der Waals surface area contributed by atoms with Gasteiger partial charge in [-0.15, -0.1) is 0 Å². The first-order valence-electron chi connectivity index (χ1n) is 7.64. The van der Waals surface area contributed by atoms with Crippen molar-refractivity contribution in [2.45, 2.75) is 26.9 Å². The van der Waals surface area contributed by atoms with E-state index in [2.05, 4.69) is 0 Å². The predicted molar refractivity (Wildman–Crippen MR) is 78.9 cm³/mol. The van der Waals surface area contributed by atoms with Crippen molar-refractivity contribution < 1.29 is 35.4 Å². The molecule has 0 bridgehead atoms.